The van der Waals surface area contributed by atoms with Crippen LogP contribution in [0.4, 0.5) is 5.82 Å². The number of amides is 1. The van der Waals surface area contributed by atoms with E-state index in [0.717, 1.165) is 30.8 Å². The third kappa shape index (κ3) is 4.61. The second kappa shape index (κ2) is 8.49. The Kier molecular flexibility index (Phi) is 5.86. The van der Waals surface area contributed by atoms with Gasteiger partial charge in [0.05, 0.1) is 5.56 Å². The van der Waals surface area contributed by atoms with Crippen LogP contribution in [-0.4, -0.2) is 54.5 Å². The summed E-state index contributed by atoms with van der Waals surface area (Å²) in [4.78, 5) is 21.7. The average Bonchev–Trinajstić information content (AvgIpc) is 3.05. The summed E-state index contributed by atoms with van der Waals surface area (Å²) in [6, 6.07) is 11.9. The molecule has 1 amide bonds. The van der Waals surface area contributed by atoms with Gasteiger partial charge in [-0.1, -0.05) is 18.2 Å². The Hall–Kier alpha value is -2.86. The summed E-state index contributed by atoms with van der Waals surface area (Å²) in [7, 11) is 3.95. The van der Waals surface area contributed by atoms with E-state index >= 15 is 0 Å². The Morgan fingerprint density at radius 2 is 2.00 bits per heavy atom. The SMILES string of the molecule is CN(C)CCNC(=O)c1ccc(NCCc2c[nH]c3ccccc23)nc1. The van der Waals surface area contributed by atoms with Crippen LogP contribution in [0.5, 0.6) is 0 Å². The zero-order valence-electron chi connectivity index (χ0n) is 15.2. The molecule has 0 saturated heterocycles. The van der Waals surface area contributed by atoms with Crippen molar-refractivity contribution in [2.75, 3.05) is 39.0 Å². The summed E-state index contributed by atoms with van der Waals surface area (Å²) in [6.07, 6.45) is 4.57. The van der Waals surface area contributed by atoms with Crippen molar-refractivity contribution in [3.05, 3.63) is 59.9 Å². The monoisotopic (exact) mass is 351 g/mol. The van der Waals surface area contributed by atoms with Gasteiger partial charge in [-0.25, -0.2) is 4.98 Å². The molecule has 6 heteroatoms. The number of aromatic amines is 1. The molecule has 2 aromatic heterocycles. The second-order valence-corrected chi connectivity index (χ2v) is 6.53. The zero-order chi connectivity index (χ0) is 18.4. The van der Waals surface area contributed by atoms with Gasteiger partial charge < -0.3 is 20.5 Å². The van der Waals surface area contributed by atoms with Crippen LogP contribution in [0.2, 0.25) is 0 Å². The molecule has 0 spiro atoms. The van der Waals surface area contributed by atoms with Crippen molar-refractivity contribution in [1.29, 1.82) is 0 Å². The van der Waals surface area contributed by atoms with Crippen molar-refractivity contribution >= 4 is 22.6 Å². The van der Waals surface area contributed by atoms with Gasteiger partial charge in [0.15, 0.2) is 0 Å². The number of benzene rings is 1. The van der Waals surface area contributed by atoms with Crippen LogP contribution in [0.3, 0.4) is 0 Å². The molecule has 3 aromatic rings. The number of nitrogens with zero attached hydrogens (tertiary/aromatic N) is 2. The number of fused-ring (bicyclic) bond motifs is 1. The molecule has 0 aliphatic rings. The maximum absolute atomic E-state index is 12.0. The first kappa shape index (κ1) is 17.9. The number of rotatable bonds is 8. The fraction of sp³-hybridized carbons (Fsp3) is 0.300. The number of pyridine rings is 1. The van der Waals surface area contributed by atoms with Crippen LogP contribution < -0.4 is 10.6 Å². The van der Waals surface area contributed by atoms with Crippen LogP contribution in [0.15, 0.2) is 48.8 Å². The van der Waals surface area contributed by atoms with Crippen molar-refractivity contribution < 1.29 is 4.79 Å². The number of aromatic nitrogens is 2. The molecule has 2 heterocycles. The van der Waals surface area contributed by atoms with Gasteiger partial charge in [0.2, 0.25) is 0 Å². The summed E-state index contributed by atoms with van der Waals surface area (Å²) in [6.45, 7) is 2.21. The second-order valence-electron chi connectivity index (χ2n) is 6.53. The van der Waals surface area contributed by atoms with Gasteiger partial charge in [-0.2, -0.15) is 0 Å². The third-order valence-corrected chi connectivity index (χ3v) is 4.25. The summed E-state index contributed by atoms with van der Waals surface area (Å²) in [5.74, 6) is 0.680. The molecule has 0 saturated carbocycles. The standard InChI is InChI=1S/C20H25N5O/c1-25(2)12-11-22-20(26)16-7-8-19(24-14-16)21-10-9-15-13-23-18-6-4-3-5-17(15)18/h3-8,13-14,23H,9-12H2,1-2H3,(H,21,24)(H,22,26). The van der Waals surface area contributed by atoms with Crippen LogP contribution in [-0.2, 0) is 6.42 Å². The van der Waals surface area contributed by atoms with Gasteiger partial charge >= 0.3 is 0 Å². The summed E-state index contributed by atoms with van der Waals surface area (Å²) < 4.78 is 0. The minimum atomic E-state index is -0.0929. The Morgan fingerprint density at radius 1 is 1.15 bits per heavy atom. The first-order valence-corrected chi connectivity index (χ1v) is 8.81. The lowest BCUT2D eigenvalue weighted by Gasteiger charge is -2.10. The molecule has 0 aliphatic carbocycles. The molecule has 0 bridgehead atoms. The van der Waals surface area contributed by atoms with E-state index < -0.39 is 0 Å². The van der Waals surface area contributed by atoms with E-state index in [1.165, 1.54) is 10.9 Å². The Bertz CT molecular complexity index is 854. The first-order valence-electron chi connectivity index (χ1n) is 8.81. The number of carbonyl (C=O) groups excluding carboxylic acids is 1. The van der Waals surface area contributed by atoms with Gasteiger partial charge in [-0.3, -0.25) is 4.79 Å². The van der Waals surface area contributed by atoms with Crippen LogP contribution in [0.25, 0.3) is 10.9 Å². The van der Waals surface area contributed by atoms with Crippen molar-refractivity contribution in [3.8, 4) is 0 Å². The molecule has 0 aliphatic heterocycles. The predicted molar refractivity (Wildman–Crippen MR) is 106 cm³/mol. The Balaban J connectivity index is 1.49. The van der Waals surface area contributed by atoms with Gasteiger partial charge in [-0.15, -0.1) is 0 Å². The Labute approximate surface area is 153 Å². The van der Waals surface area contributed by atoms with Crippen molar-refractivity contribution in [2.45, 2.75) is 6.42 Å². The maximum atomic E-state index is 12.0. The fourth-order valence-corrected chi connectivity index (χ4v) is 2.79. The summed E-state index contributed by atoms with van der Waals surface area (Å²) in [5.41, 5.74) is 3.01. The molecule has 0 radical (unpaired) electrons. The molecule has 0 atom stereocenters. The predicted octanol–water partition coefficient (Wildman–Crippen LogP) is 2.51. The molecule has 3 rings (SSSR count). The van der Waals surface area contributed by atoms with E-state index in [1.807, 2.05) is 31.1 Å². The normalized spacial score (nSPS) is 11.0. The van der Waals surface area contributed by atoms with Crippen LogP contribution in [0, 0.1) is 0 Å². The largest absolute Gasteiger partial charge is 0.370 e. The van der Waals surface area contributed by atoms with E-state index in [4.69, 9.17) is 0 Å². The number of nitrogens with one attached hydrogen (secondary N) is 3. The van der Waals surface area contributed by atoms with E-state index in [1.54, 1.807) is 12.3 Å². The average molecular weight is 351 g/mol. The third-order valence-electron chi connectivity index (χ3n) is 4.25. The van der Waals surface area contributed by atoms with Crippen LogP contribution >= 0.6 is 0 Å². The van der Waals surface area contributed by atoms with Crippen molar-refractivity contribution in [1.82, 2.24) is 20.2 Å². The summed E-state index contributed by atoms with van der Waals surface area (Å²) >= 11 is 0. The highest BCUT2D eigenvalue weighted by Gasteiger charge is 2.06. The lowest BCUT2D eigenvalue weighted by atomic mass is 10.1. The molecule has 3 N–H and O–H groups in total. The van der Waals surface area contributed by atoms with Gasteiger partial charge in [0, 0.05) is 42.9 Å². The van der Waals surface area contributed by atoms with Crippen LogP contribution in [0.1, 0.15) is 15.9 Å². The van der Waals surface area contributed by atoms with Gasteiger partial charge in [0.1, 0.15) is 5.82 Å². The zero-order valence-corrected chi connectivity index (χ0v) is 15.2. The number of H-pyrrole nitrogens is 1. The van der Waals surface area contributed by atoms with E-state index in [-0.39, 0.29) is 5.91 Å². The molecule has 1 aromatic carbocycles. The molecule has 6 nitrogen and oxygen atoms in total. The highest BCUT2D eigenvalue weighted by molar-refractivity contribution is 5.94. The molecular weight excluding hydrogens is 326 g/mol. The molecule has 26 heavy (non-hydrogen) atoms. The highest BCUT2D eigenvalue weighted by Crippen LogP contribution is 2.18. The lowest BCUT2D eigenvalue weighted by Crippen LogP contribution is -2.31. The quantitative estimate of drug-likeness (QED) is 0.583. The van der Waals surface area contributed by atoms with Gasteiger partial charge in [0.25, 0.3) is 5.91 Å². The topological polar surface area (TPSA) is 73.1 Å². The number of carbonyl (C=O) groups is 1. The van der Waals surface area contributed by atoms with E-state index in [9.17, 15) is 4.79 Å². The number of hydrogen-bond acceptors (Lipinski definition) is 4. The minimum Gasteiger partial charge on any atom is -0.370 e. The maximum Gasteiger partial charge on any atom is 0.252 e. The molecule has 0 unspecified atom stereocenters. The minimum absolute atomic E-state index is 0.0929. The number of anilines is 1. The fourth-order valence-electron chi connectivity index (χ4n) is 2.79. The lowest BCUT2D eigenvalue weighted by molar-refractivity contribution is 0.0950. The van der Waals surface area contributed by atoms with Crippen molar-refractivity contribution in [2.24, 2.45) is 0 Å². The molecular formula is C20H25N5O. The number of hydrogen-bond donors (Lipinski definition) is 3. The van der Waals surface area contributed by atoms with Crippen molar-refractivity contribution in [3.63, 3.8) is 0 Å². The molecule has 0 fully saturated rings. The first-order chi connectivity index (χ1) is 12.6. The Morgan fingerprint density at radius 3 is 2.77 bits per heavy atom. The highest BCUT2D eigenvalue weighted by atomic mass is 16.1. The number of likely N-dealkylation sites (N-methyl/N-ethyl adjacent to an activating group) is 1. The number of para-hydroxylation sites is 1. The van der Waals surface area contributed by atoms with E-state index in [2.05, 4.69) is 45.0 Å². The summed E-state index contributed by atoms with van der Waals surface area (Å²) in [5, 5.41) is 7.45. The molecule has 136 valence electrons. The van der Waals surface area contributed by atoms with Gasteiger partial charge in [-0.05, 0) is 44.3 Å². The van der Waals surface area contributed by atoms with E-state index in [0.29, 0.717) is 12.1 Å². The smallest absolute Gasteiger partial charge is 0.252 e.